The number of thiazole rings is 2. The van der Waals surface area contributed by atoms with Crippen molar-refractivity contribution in [1.82, 2.24) is 29.6 Å². The van der Waals surface area contributed by atoms with Crippen LogP contribution in [0.5, 0.6) is 0 Å². The molecule has 20 nitrogen and oxygen atoms in total. The second kappa shape index (κ2) is 39.9. The molecule has 4 amide bonds. The van der Waals surface area contributed by atoms with Crippen molar-refractivity contribution < 1.29 is 106 Å². The average molecular weight is 1910 g/mol. The number of hydrogen-bond acceptors (Lipinski definition) is 18. The molecule has 0 radical (unpaired) electrons. The lowest BCUT2D eigenvalue weighted by Gasteiger charge is -2.43. The van der Waals surface area contributed by atoms with Crippen molar-refractivity contribution in [2.45, 2.75) is 299 Å². The Labute approximate surface area is 778 Å². The largest absolute Gasteiger partial charge is 0.421 e. The molecule has 0 saturated heterocycles. The van der Waals surface area contributed by atoms with Gasteiger partial charge < -0.3 is 54.2 Å². The highest BCUT2D eigenvalue weighted by Gasteiger charge is 2.57. The van der Waals surface area contributed by atoms with E-state index in [9.17, 15) is 97.6 Å². The van der Waals surface area contributed by atoms with E-state index >= 15 is 0 Å². The molecule has 4 atom stereocenters. The van der Waals surface area contributed by atoms with E-state index in [1.165, 1.54) is 96.3 Å². The first-order chi connectivity index (χ1) is 63.2. The predicted molar refractivity (Wildman–Crippen MR) is 474 cm³/mol. The molecule has 6 aromatic carbocycles. The number of halogens is 12. The van der Waals surface area contributed by atoms with Gasteiger partial charge in [0.05, 0.1) is 40.5 Å². The van der Waals surface area contributed by atoms with Crippen LogP contribution in [0.25, 0.3) is 0 Å². The van der Waals surface area contributed by atoms with Crippen molar-refractivity contribution in [3.63, 3.8) is 0 Å². The molecule has 2 heterocycles. The Bertz CT molecular complexity index is 5300. The number of aromatic nitrogens is 2. The lowest BCUT2D eigenvalue weighted by atomic mass is 9.73. The molecule has 0 bridgehead atoms. The number of nitrogens with zero attached hydrogens (tertiary/aromatic N) is 9. The van der Waals surface area contributed by atoms with Gasteiger partial charge in [-0.1, -0.05) is 72.8 Å². The van der Waals surface area contributed by atoms with E-state index in [1.807, 2.05) is 54.6 Å². The predicted octanol–water partition coefficient (Wildman–Crippen LogP) is 20.8. The number of rotatable bonds is 23. The Morgan fingerprint density at radius 1 is 0.336 bits per heavy atom. The van der Waals surface area contributed by atoms with E-state index in [2.05, 4.69) is 28.2 Å². The van der Waals surface area contributed by atoms with Gasteiger partial charge in [0.15, 0.2) is 22.4 Å². The van der Waals surface area contributed by atoms with Gasteiger partial charge in [0.1, 0.15) is 21.0 Å². The summed E-state index contributed by atoms with van der Waals surface area (Å²) in [6.07, 6.45) is 2.97. The fourth-order valence-corrected chi connectivity index (χ4v) is 20.8. The molecule has 8 aliphatic rings. The number of carbonyl (C=O) groups excluding carboxylic acids is 4. The number of nitriles is 3. The molecule has 8 aromatic rings. The Morgan fingerprint density at radius 2 is 0.552 bits per heavy atom. The zero-order valence-corrected chi connectivity index (χ0v) is 76.9. The summed E-state index contributed by atoms with van der Waals surface area (Å²) < 4.78 is 175. The van der Waals surface area contributed by atoms with Crippen molar-refractivity contribution in [3.8, 4) is 18.2 Å². The van der Waals surface area contributed by atoms with Gasteiger partial charge in [-0.05, 0) is 288 Å². The summed E-state index contributed by atoms with van der Waals surface area (Å²) in [5.41, 5.74) is -10.7. The van der Waals surface area contributed by atoms with Crippen molar-refractivity contribution in [3.05, 3.63) is 246 Å². The zero-order chi connectivity index (χ0) is 97.2. The number of hydrogen-bond donors (Lipinski definition) is 4. The van der Waals surface area contributed by atoms with E-state index in [0.29, 0.717) is 112 Å². The minimum absolute atomic E-state index is 0.00890. The molecular formula is C100H109F12N9O11S2. The smallest absolute Gasteiger partial charge is 0.376 e. The van der Waals surface area contributed by atoms with E-state index in [0.717, 1.165) is 136 Å². The van der Waals surface area contributed by atoms with Gasteiger partial charge in [-0.25, -0.2) is 9.97 Å². The Balaban J connectivity index is 0.000000152. The molecule has 34 heteroatoms. The Morgan fingerprint density at radius 3 is 0.746 bits per heavy atom. The number of aliphatic hydroxyl groups is 4. The molecule has 16 rings (SSSR count). The van der Waals surface area contributed by atoms with Crippen LogP contribution < -0.4 is 0 Å². The van der Waals surface area contributed by atoms with E-state index in [1.54, 1.807) is 69.3 Å². The highest BCUT2D eigenvalue weighted by molar-refractivity contribution is 7.10. The number of ether oxygens (including phenoxy) is 3. The highest BCUT2D eigenvalue weighted by atomic mass is 32.1. The standard InChI is InChI=1S/2C27H29F3N2O3.C23H24F3N3O2S.C23H27F3N2O3S/c2*1-25(34,27(28,29)30)20-9-5-19(6-10-20)24(33)32(22-11-12-22)23-13-15-26(35-2,16-14-23)21-7-3-18(17-31)4-8-21;1-21(31,23(24,25)26)16-4-2-15(3-5-16)19(30)29(17-6-7-17)18-8-10-22(14-27,11-9-18)20-28-12-13-32-20;1-21(30,23(24,25)26)16-5-3-15(4-6-16)19(29)28(17-7-8-17)18-9-11-22(31-2,12-10-18)20-27-13-14-32-20/h2*3-10,22-23,34H,11-16H2,1-2H3;2-5,12-13,17-18,31H,6-11H2,1H3;3-6,13-14,17-18,30H,7-12H2,1-2H3/t2*23?,25-,26?;2*18?,21-,22?/m0000/s1. The monoisotopic (exact) mass is 1900 g/mol. The van der Waals surface area contributed by atoms with Crippen LogP contribution in [0.2, 0.25) is 0 Å². The highest BCUT2D eigenvalue weighted by Crippen LogP contribution is 2.52. The van der Waals surface area contributed by atoms with Crippen molar-refractivity contribution in [2.24, 2.45) is 0 Å². The lowest BCUT2D eigenvalue weighted by molar-refractivity contribution is -0.259. The number of amides is 4. The number of carbonyl (C=O) groups is 4. The quantitative estimate of drug-likeness (QED) is 0.0433. The molecule has 134 heavy (non-hydrogen) atoms. The summed E-state index contributed by atoms with van der Waals surface area (Å²) in [4.78, 5) is 69.9. The van der Waals surface area contributed by atoms with Crippen molar-refractivity contribution in [1.29, 1.82) is 15.8 Å². The van der Waals surface area contributed by atoms with Crippen LogP contribution in [0, 0.1) is 34.0 Å². The summed E-state index contributed by atoms with van der Waals surface area (Å²) >= 11 is 3.05. The van der Waals surface area contributed by atoms with E-state index in [-0.39, 0.29) is 94.2 Å². The SMILES string of the molecule is COC1(c2ccc(C#N)cc2)CCC(N(C(=O)c2ccc([C@](C)(O)C(F)(F)F)cc2)C2CC2)CC1.COC1(c2ccc(C#N)cc2)CCC(N(C(=O)c2ccc([C@](C)(O)C(F)(F)F)cc2)C2CC2)CC1.COC1(c2nccs2)CCC(N(C(=O)c2ccc([C@](C)(O)C(F)(F)F)cc2)C2CC2)CC1.C[C@](O)(c1ccc(C(=O)N(C2CC2)C2CCC(C#N)(c3nccs3)CC2)cc1)C(F)(F)F. The second-order valence-electron chi connectivity index (χ2n) is 37.1. The maximum atomic E-state index is 13.4. The summed E-state index contributed by atoms with van der Waals surface area (Å²) in [6.45, 7) is 2.83. The summed E-state index contributed by atoms with van der Waals surface area (Å²) in [5, 5.41) is 73.1. The summed E-state index contributed by atoms with van der Waals surface area (Å²) in [7, 11) is 5.06. The van der Waals surface area contributed by atoms with Crippen molar-refractivity contribution in [2.75, 3.05) is 21.3 Å². The van der Waals surface area contributed by atoms with Gasteiger partial charge in [0.25, 0.3) is 23.6 Å². The minimum atomic E-state index is -4.82. The lowest BCUT2D eigenvalue weighted by Crippen LogP contribution is -2.47. The second-order valence-corrected chi connectivity index (χ2v) is 38.9. The minimum Gasteiger partial charge on any atom is -0.376 e. The van der Waals surface area contributed by atoms with Crippen LogP contribution in [0.4, 0.5) is 52.7 Å². The fraction of sp³-hybridized carbons (Fsp3) is 0.510. The van der Waals surface area contributed by atoms with Gasteiger partial charge in [-0.15, -0.1) is 22.7 Å². The van der Waals surface area contributed by atoms with Crippen molar-refractivity contribution >= 4 is 46.3 Å². The third-order valence-corrected chi connectivity index (χ3v) is 30.4. The van der Waals surface area contributed by atoms with Gasteiger partial charge >= 0.3 is 24.7 Å². The first-order valence-electron chi connectivity index (χ1n) is 45.0. The first kappa shape index (κ1) is 101. The summed E-state index contributed by atoms with van der Waals surface area (Å²) in [5.74, 6) is -0.776. The number of alkyl halides is 12. The molecule has 0 aliphatic heterocycles. The van der Waals surface area contributed by atoms with E-state index < -0.39 is 69.3 Å². The molecule has 4 N–H and O–H groups in total. The summed E-state index contributed by atoms with van der Waals surface area (Å²) in [6, 6.07) is 42.4. The molecule has 716 valence electrons. The zero-order valence-electron chi connectivity index (χ0n) is 75.3. The third kappa shape index (κ3) is 21.5. The Kier molecular flexibility index (Phi) is 30.1. The van der Waals surface area contributed by atoms with Crippen LogP contribution in [0.15, 0.2) is 169 Å². The average Bonchev–Trinajstić information content (AvgIpc) is 1.62. The number of benzene rings is 6. The van der Waals surface area contributed by atoms with Crippen LogP contribution in [0.1, 0.15) is 278 Å². The molecule has 8 fully saturated rings. The van der Waals surface area contributed by atoms with Gasteiger partial charge in [-0.2, -0.15) is 68.5 Å². The molecule has 8 saturated carbocycles. The van der Waals surface area contributed by atoms with Gasteiger partial charge in [-0.3, -0.25) is 19.2 Å². The van der Waals surface area contributed by atoms with Crippen LogP contribution in [-0.4, -0.2) is 168 Å². The molecule has 0 spiro atoms. The van der Waals surface area contributed by atoms with Crippen LogP contribution >= 0.6 is 22.7 Å². The first-order valence-corrected chi connectivity index (χ1v) is 46.8. The van der Waals surface area contributed by atoms with Gasteiger partial charge in [0.2, 0.25) is 0 Å². The maximum absolute atomic E-state index is 13.4. The number of methoxy groups -OCH3 is 3. The fourth-order valence-electron chi connectivity index (χ4n) is 19.1. The van der Waals surface area contributed by atoms with E-state index in [4.69, 9.17) is 24.7 Å². The van der Waals surface area contributed by atoms with Crippen LogP contribution in [-0.2, 0) is 58.8 Å². The normalized spacial score (nSPS) is 25.0. The topological polar surface area (TPSA) is 287 Å². The van der Waals surface area contributed by atoms with Gasteiger partial charge in [0, 0.05) is 115 Å². The molecular weight excluding hydrogens is 1800 g/mol. The Hall–Kier alpha value is -10.2. The maximum Gasteiger partial charge on any atom is 0.421 e. The molecule has 2 aromatic heterocycles. The molecule has 8 aliphatic carbocycles. The third-order valence-electron chi connectivity index (χ3n) is 28.5. The molecule has 0 unspecified atom stereocenters. The van der Waals surface area contributed by atoms with Crippen LogP contribution in [0.3, 0.4) is 0 Å².